The molecule has 33 heavy (non-hydrogen) atoms. The van der Waals surface area contributed by atoms with Crippen LogP contribution in [-0.2, 0) is 25.5 Å². The number of aliphatic hydroxyl groups is 1. The Morgan fingerprint density at radius 1 is 1.15 bits per heavy atom. The highest BCUT2D eigenvalue weighted by Crippen LogP contribution is 2.27. The Morgan fingerprint density at radius 2 is 1.85 bits per heavy atom. The quantitative estimate of drug-likeness (QED) is 0.401. The maximum atomic E-state index is 12.5. The smallest absolute Gasteiger partial charge is 0.333 e. The van der Waals surface area contributed by atoms with Crippen LogP contribution in [0.5, 0.6) is 0 Å². The van der Waals surface area contributed by atoms with E-state index in [4.69, 9.17) is 26.0 Å². The Bertz CT molecular complexity index is 1140. The van der Waals surface area contributed by atoms with Crippen LogP contribution in [0.25, 0.3) is 11.3 Å². The SMILES string of the molecule is CC(OC(=O)Cc1conc1-c1ccc(NC(=O)C[C@@H](O)C(=O)O)cc1)c1ccccc1Cl. The van der Waals surface area contributed by atoms with Crippen LogP contribution in [0.3, 0.4) is 0 Å². The van der Waals surface area contributed by atoms with Crippen LogP contribution in [0.2, 0.25) is 5.02 Å². The van der Waals surface area contributed by atoms with Crippen LogP contribution in [0, 0.1) is 0 Å². The highest BCUT2D eigenvalue weighted by molar-refractivity contribution is 6.31. The number of anilines is 1. The largest absolute Gasteiger partial charge is 0.479 e. The van der Waals surface area contributed by atoms with Crippen molar-refractivity contribution in [1.29, 1.82) is 0 Å². The number of nitrogens with zero attached hydrogens (tertiary/aromatic N) is 1. The van der Waals surface area contributed by atoms with E-state index in [9.17, 15) is 19.5 Å². The first-order valence-electron chi connectivity index (χ1n) is 9.93. The highest BCUT2D eigenvalue weighted by Gasteiger charge is 2.20. The number of aliphatic carboxylic acids is 1. The third kappa shape index (κ3) is 6.41. The number of hydrogen-bond donors (Lipinski definition) is 3. The lowest BCUT2D eigenvalue weighted by molar-refractivity contribution is -0.148. The fourth-order valence-electron chi connectivity index (χ4n) is 3.07. The number of carboxylic acids is 1. The minimum Gasteiger partial charge on any atom is -0.479 e. The number of carboxylic acid groups (broad SMARTS) is 1. The van der Waals surface area contributed by atoms with Crippen LogP contribution in [0.15, 0.2) is 59.3 Å². The number of benzene rings is 2. The van der Waals surface area contributed by atoms with Gasteiger partial charge in [-0.2, -0.15) is 0 Å². The Hall–Kier alpha value is -3.69. The molecule has 2 atom stereocenters. The molecule has 1 aromatic heterocycles. The molecule has 0 bridgehead atoms. The van der Waals surface area contributed by atoms with Gasteiger partial charge in [0.2, 0.25) is 5.91 Å². The van der Waals surface area contributed by atoms with Crippen molar-refractivity contribution in [3.05, 3.63) is 70.9 Å². The molecule has 1 heterocycles. The van der Waals surface area contributed by atoms with Gasteiger partial charge in [0.05, 0.1) is 12.8 Å². The second-order valence-corrected chi connectivity index (χ2v) is 7.61. The minimum absolute atomic E-state index is 0.0702. The minimum atomic E-state index is -1.78. The van der Waals surface area contributed by atoms with Crippen molar-refractivity contribution in [1.82, 2.24) is 5.16 Å². The first kappa shape index (κ1) is 24.0. The number of carbonyl (C=O) groups is 3. The van der Waals surface area contributed by atoms with Crippen molar-refractivity contribution in [3.8, 4) is 11.3 Å². The molecule has 9 nitrogen and oxygen atoms in total. The highest BCUT2D eigenvalue weighted by atomic mass is 35.5. The number of rotatable bonds is 9. The molecular formula is C23H21ClN2O7. The fourth-order valence-corrected chi connectivity index (χ4v) is 3.36. The number of esters is 1. The topological polar surface area (TPSA) is 139 Å². The summed E-state index contributed by atoms with van der Waals surface area (Å²) in [6, 6.07) is 13.6. The third-order valence-corrected chi connectivity index (χ3v) is 5.08. The number of hydrogen-bond acceptors (Lipinski definition) is 7. The summed E-state index contributed by atoms with van der Waals surface area (Å²) in [5.41, 5.74) is 2.70. The molecule has 0 fully saturated rings. The predicted octanol–water partition coefficient (Wildman–Crippen LogP) is 3.62. The maximum absolute atomic E-state index is 12.5. The predicted molar refractivity (Wildman–Crippen MR) is 118 cm³/mol. The molecule has 0 radical (unpaired) electrons. The molecule has 3 aromatic rings. The summed E-state index contributed by atoms with van der Waals surface area (Å²) in [5, 5.41) is 24.9. The summed E-state index contributed by atoms with van der Waals surface area (Å²) < 4.78 is 10.5. The van der Waals surface area contributed by atoms with Crippen LogP contribution in [0.4, 0.5) is 5.69 Å². The normalized spacial score (nSPS) is 12.6. The Kier molecular flexibility index (Phi) is 7.81. The van der Waals surface area contributed by atoms with E-state index < -0.39 is 36.5 Å². The van der Waals surface area contributed by atoms with Gasteiger partial charge in [0, 0.05) is 27.4 Å². The van der Waals surface area contributed by atoms with Crippen LogP contribution in [0.1, 0.15) is 30.6 Å². The summed E-state index contributed by atoms with van der Waals surface area (Å²) in [7, 11) is 0. The zero-order valence-corrected chi connectivity index (χ0v) is 18.3. The van der Waals surface area contributed by atoms with Gasteiger partial charge in [-0.05, 0) is 25.1 Å². The Balaban J connectivity index is 1.63. The molecule has 3 N–H and O–H groups in total. The van der Waals surface area contributed by atoms with Gasteiger partial charge in [-0.3, -0.25) is 9.59 Å². The molecule has 1 amide bonds. The monoisotopic (exact) mass is 472 g/mol. The second kappa shape index (κ2) is 10.8. The van der Waals surface area contributed by atoms with E-state index >= 15 is 0 Å². The summed E-state index contributed by atoms with van der Waals surface area (Å²) in [5.74, 6) is -2.60. The molecule has 1 unspecified atom stereocenters. The van der Waals surface area contributed by atoms with E-state index in [1.807, 2.05) is 6.07 Å². The lowest BCUT2D eigenvalue weighted by Crippen LogP contribution is -2.26. The molecule has 2 aromatic carbocycles. The number of nitrogens with one attached hydrogen (secondary N) is 1. The van der Waals surface area contributed by atoms with Gasteiger partial charge < -0.3 is 24.8 Å². The van der Waals surface area contributed by atoms with Gasteiger partial charge in [0.15, 0.2) is 6.10 Å². The summed E-state index contributed by atoms with van der Waals surface area (Å²) in [4.78, 5) is 34.9. The third-order valence-electron chi connectivity index (χ3n) is 4.74. The standard InChI is InChI=1S/C23H21ClN2O7/c1-13(17-4-2-3-5-18(17)24)33-21(29)10-15-12-32-26-22(15)14-6-8-16(9-7-14)25-20(28)11-19(27)23(30)31/h2-9,12-13,19,27H,10-11H2,1H3,(H,25,28)(H,30,31)/t13?,19-/m1/s1. The van der Waals surface area contributed by atoms with E-state index in [-0.39, 0.29) is 6.42 Å². The summed E-state index contributed by atoms with van der Waals surface area (Å²) >= 11 is 6.15. The lowest BCUT2D eigenvalue weighted by atomic mass is 10.1. The van der Waals surface area contributed by atoms with Crippen molar-refractivity contribution >= 4 is 35.1 Å². The van der Waals surface area contributed by atoms with Crippen LogP contribution < -0.4 is 5.32 Å². The number of aliphatic hydroxyl groups excluding tert-OH is 1. The molecule has 0 aliphatic heterocycles. The summed E-state index contributed by atoms with van der Waals surface area (Å²) in [6.45, 7) is 1.73. The first-order chi connectivity index (χ1) is 15.7. The van der Waals surface area contributed by atoms with Crippen molar-refractivity contribution in [2.45, 2.75) is 32.0 Å². The molecule has 0 saturated heterocycles. The molecule has 0 spiro atoms. The number of halogens is 1. The number of ether oxygens (including phenoxy) is 1. The number of aromatic nitrogens is 1. The Labute approximate surface area is 193 Å². The van der Waals surface area contributed by atoms with Gasteiger partial charge in [0.25, 0.3) is 0 Å². The van der Waals surface area contributed by atoms with Crippen molar-refractivity contribution < 1.29 is 33.9 Å². The van der Waals surface area contributed by atoms with E-state index in [1.54, 1.807) is 49.4 Å². The molecule has 172 valence electrons. The lowest BCUT2D eigenvalue weighted by Gasteiger charge is -2.14. The first-order valence-corrected chi connectivity index (χ1v) is 10.3. The van der Waals surface area contributed by atoms with Gasteiger partial charge in [-0.1, -0.05) is 47.1 Å². The van der Waals surface area contributed by atoms with Gasteiger partial charge in [-0.25, -0.2) is 4.79 Å². The average Bonchev–Trinajstić information content (AvgIpc) is 3.22. The maximum Gasteiger partial charge on any atom is 0.333 e. The second-order valence-electron chi connectivity index (χ2n) is 7.20. The zero-order valence-electron chi connectivity index (χ0n) is 17.5. The molecule has 10 heteroatoms. The van der Waals surface area contributed by atoms with Crippen LogP contribution >= 0.6 is 11.6 Å². The van der Waals surface area contributed by atoms with Gasteiger partial charge >= 0.3 is 11.9 Å². The molecule has 0 aliphatic carbocycles. The average molecular weight is 473 g/mol. The molecular weight excluding hydrogens is 452 g/mol. The zero-order chi connectivity index (χ0) is 24.0. The van der Waals surface area contributed by atoms with Crippen molar-refractivity contribution in [2.75, 3.05) is 5.32 Å². The van der Waals surface area contributed by atoms with E-state index in [0.717, 1.165) is 0 Å². The van der Waals surface area contributed by atoms with Crippen LogP contribution in [-0.4, -0.2) is 39.3 Å². The van der Waals surface area contributed by atoms with E-state index in [1.165, 1.54) is 6.26 Å². The molecule has 0 saturated carbocycles. The van der Waals surface area contributed by atoms with Crippen molar-refractivity contribution in [2.24, 2.45) is 0 Å². The number of amides is 1. The molecule has 3 rings (SSSR count). The fraction of sp³-hybridized carbons (Fsp3) is 0.217. The number of carbonyl (C=O) groups excluding carboxylic acids is 2. The van der Waals surface area contributed by atoms with Gasteiger partial charge in [-0.15, -0.1) is 0 Å². The van der Waals surface area contributed by atoms with Gasteiger partial charge in [0.1, 0.15) is 18.1 Å². The molecule has 0 aliphatic rings. The van der Waals surface area contributed by atoms with Crippen molar-refractivity contribution in [3.63, 3.8) is 0 Å². The Morgan fingerprint density at radius 3 is 2.52 bits per heavy atom. The van der Waals surface area contributed by atoms with E-state index in [2.05, 4.69) is 10.5 Å². The summed E-state index contributed by atoms with van der Waals surface area (Å²) in [6.07, 6.45) is -1.59. The van der Waals surface area contributed by atoms with E-state index in [0.29, 0.717) is 33.1 Å².